The van der Waals surface area contributed by atoms with Crippen LogP contribution in [0.1, 0.15) is 37.3 Å². The molecule has 1 saturated carbocycles. The Kier molecular flexibility index (Phi) is 5.43. The normalized spacial score (nSPS) is 20.3. The van der Waals surface area contributed by atoms with Crippen molar-refractivity contribution in [2.75, 3.05) is 25.7 Å². The Morgan fingerprint density at radius 2 is 1.38 bits per heavy atom. The minimum absolute atomic E-state index is 0.0162. The Hall–Kier alpha value is -3.02. The van der Waals surface area contributed by atoms with Gasteiger partial charge in [-0.1, -0.05) is 25.0 Å². The van der Waals surface area contributed by atoms with Crippen molar-refractivity contribution in [1.29, 1.82) is 0 Å². The first kappa shape index (κ1) is 19.3. The lowest BCUT2D eigenvalue weighted by molar-refractivity contribution is -0.144. The monoisotopic (exact) mass is 394 g/mol. The Morgan fingerprint density at radius 1 is 0.828 bits per heavy atom. The number of piperazine rings is 1. The molecular formula is C23H26N2O4. The van der Waals surface area contributed by atoms with Crippen LogP contribution in [-0.4, -0.2) is 43.5 Å². The zero-order valence-corrected chi connectivity index (χ0v) is 16.8. The number of ether oxygens (including phenoxy) is 2. The first-order valence-electron chi connectivity index (χ1n) is 10.0. The van der Waals surface area contributed by atoms with E-state index in [1.165, 1.54) is 0 Å². The summed E-state index contributed by atoms with van der Waals surface area (Å²) in [7, 11) is 3.21. The summed E-state index contributed by atoms with van der Waals surface area (Å²) in [5, 5.41) is 0. The number of carbonyl (C=O) groups excluding carboxylic acids is 2. The van der Waals surface area contributed by atoms with Gasteiger partial charge in [0.15, 0.2) is 0 Å². The highest BCUT2D eigenvalue weighted by Gasteiger charge is 2.44. The van der Waals surface area contributed by atoms with Crippen LogP contribution in [0.5, 0.6) is 11.5 Å². The number of amides is 2. The van der Waals surface area contributed by atoms with Crippen molar-refractivity contribution in [3.63, 3.8) is 0 Å². The van der Waals surface area contributed by atoms with Crippen LogP contribution >= 0.6 is 0 Å². The molecule has 0 radical (unpaired) electrons. The maximum absolute atomic E-state index is 13.6. The van der Waals surface area contributed by atoms with Crippen LogP contribution in [-0.2, 0) is 9.59 Å². The summed E-state index contributed by atoms with van der Waals surface area (Å²) in [4.78, 5) is 30.3. The summed E-state index contributed by atoms with van der Waals surface area (Å²) in [5.41, 5.74) is 1.47. The third kappa shape index (κ3) is 3.67. The Balaban J connectivity index is 1.74. The quantitative estimate of drug-likeness (QED) is 0.778. The molecule has 0 unspecified atom stereocenters. The van der Waals surface area contributed by atoms with Crippen LogP contribution in [0.25, 0.3) is 0 Å². The van der Waals surface area contributed by atoms with E-state index < -0.39 is 6.04 Å². The maximum atomic E-state index is 13.6. The highest BCUT2D eigenvalue weighted by Crippen LogP contribution is 2.36. The number of hydrogen-bond acceptors (Lipinski definition) is 4. The molecule has 0 bridgehead atoms. The van der Waals surface area contributed by atoms with E-state index in [9.17, 15) is 9.59 Å². The lowest BCUT2D eigenvalue weighted by Crippen LogP contribution is -2.58. The van der Waals surface area contributed by atoms with Crippen molar-refractivity contribution < 1.29 is 19.1 Å². The van der Waals surface area contributed by atoms with Gasteiger partial charge in [0.25, 0.3) is 5.91 Å². The topological polar surface area (TPSA) is 59.1 Å². The van der Waals surface area contributed by atoms with E-state index in [1.54, 1.807) is 24.0 Å². The van der Waals surface area contributed by atoms with Crippen LogP contribution in [0.15, 0.2) is 48.5 Å². The van der Waals surface area contributed by atoms with Gasteiger partial charge in [-0.3, -0.25) is 14.5 Å². The molecule has 2 aromatic carbocycles. The molecule has 2 aliphatic rings. The van der Waals surface area contributed by atoms with E-state index in [1.807, 2.05) is 48.5 Å². The fraction of sp³-hybridized carbons (Fsp3) is 0.391. The molecule has 0 spiro atoms. The molecule has 1 atom stereocenters. The van der Waals surface area contributed by atoms with Crippen LogP contribution in [0.3, 0.4) is 0 Å². The molecule has 2 fully saturated rings. The SMILES string of the molecule is COc1ccc([C@H]2C(=O)N(C3CCCC3)CC(=O)N2c2ccc(OC)cc2)cc1. The lowest BCUT2D eigenvalue weighted by atomic mass is 9.98. The third-order valence-corrected chi connectivity index (χ3v) is 5.90. The molecule has 1 aliphatic carbocycles. The second-order valence-electron chi connectivity index (χ2n) is 7.54. The van der Waals surface area contributed by atoms with E-state index in [-0.39, 0.29) is 24.4 Å². The molecule has 1 aliphatic heterocycles. The van der Waals surface area contributed by atoms with Crippen LogP contribution in [0.4, 0.5) is 5.69 Å². The van der Waals surface area contributed by atoms with Crippen molar-refractivity contribution in [1.82, 2.24) is 4.90 Å². The van der Waals surface area contributed by atoms with E-state index >= 15 is 0 Å². The zero-order chi connectivity index (χ0) is 20.4. The smallest absolute Gasteiger partial charge is 0.251 e. The van der Waals surface area contributed by atoms with E-state index in [0.717, 1.165) is 31.2 Å². The molecule has 4 rings (SSSR count). The lowest BCUT2D eigenvalue weighted by Gasteiger charge is -2.42. The summed E-state index contributed by atoms with van der Waals surface area (Å²) in [6.07, 6.45) is 4.16. The van der Waals surface area contributed by atoms with Crippen LogP contribution in [0, 0.1) is 0 Å². The molecule has 6 heteroatoms. The van der Waals surface area contributed by atoms with Gasteiger partial charge in [-0.15, -0.1) is 0 Å². The summed E-state index contributed by atoms with van der Waals surface area (Å²) in [6, 6.07) is 14.1. The van der Waals surface area contributed by atoms with Crippen molar-refractivity contribution in [3.05, 3.63) is 54.1 Å². The molecule has 2 aromatic rings. The van der Waals surface area contributed by atoms with Gasteiger partial charge in [-0.25, -0.2) is 0 Å². The summed E-state index contributed by atoms with van der Waals surface area (Å²) < 4.78 is 10.5. The molecule has 1 heterocycles. The number of nitrogens with zero attached hydrogens (tertiary/aromatic N) is 2. The van der Waals surface area contributed by atoms with Crippen molar-refractivity contribution in [3.8, 4) is 11.5 Å². The van der Waals surface area contributed by atoms with Crippen molar-refractivity contribution in [2.24, 2.45) is 0 Å². The minimum Gasteiger partial charge on any atom is -0.497 e. The number of rotatable bonds is 5. The Morgan fingerprint density at radius 3 is 1.93 bits per heavy atom. The summed E-state index contributed by atoms with van der Waals surface area (Å²) >= 11 is 0. The predicted molar refractivity (Wildman–Crippen MR) is 110 cm³/mol. The average molecular weight is 394 g/mol. The zero-order valence-electron chi connectivity index (χ0n) is 16.8. The molecule has 0 N–H and O–H groups in total. The maximum Gasteiger partial charge on any atom is 0.251 e. The van der Waals surface area contributed by atoms with E-state index in [0.29, 0.717) is 17.2 Å². The first-order chi connectivity index (χ1) is 14.1. The van der Waals surface area contributed by atoms with Gasteiger partial charge < -0.3 is 14.4 Å². The van der Waals surface area contributed by atoms with Gasteiger partial charge in [0.2, 0.25) is 5.91 Å². The molecule has 2 amide bonds. The molecule has 6 nitrogen and oxygen atoms in total. The second kappa shape index (κ2) is 8.15. The summed E-state index contributed by atoms with van der Waals surface area (Å²) in [5.74, 6) is 1.34. The fourth-order valence-corrected chi connectivity index (χ4v) is 4.35. The van der Waals surface area contributed by atoms with Crippen LogP contribution in [0.2, 0.25) is 0 Å². The number of anilines is 1. The second-order valence-corrected chi connectivity index (χ2v) is 7.54. The molecular weight excluding hydrogens is 368 g/mol. The highest BCUT2D eigenvalue weighted by atomic mass is 16.5. The standard InChI is InChI=1S/C23H26N2O4/c1-28-19-11-7-16(8-12-19)22-23(27)24(17-5-3-4-6-17)15-21(26)25(22)18-9-13-20(29-2)14-10-18/h7-14,17,22H,3-6,15H2,1-2H3/t22-/m0/s1. The van der Waals surface area contributed by atoms with Gasteiger partial charge >= 0.3 is 0 Å². The number of carbonyl (C=O) groups is 2. The molecule has 152 valence electrons. The van der Waals surface area contributed by atoms with Gasteiger partial charge in [0.1, 0.15) is 24.1 Å². The molecule has 0 aromatic heterocycles. The highest BCUT2D eigenvalue weighted by molar-refractivity contribution is 6.07. The first-order valence-corrected chi connectivity index (χ1v) is 10.0. The molecule has 29 heavy (non-hydrogen) atoms. The minimum atomic E-state index is -0.684. The van der Waals surface area contributed by atoms with Gasteiger partial charge in [-0.2, -0.15) is 0 Å². The van der Waals surface area contributed by atoms with E-state index in [4.69, 9.17) is 9.47 Å². The average Bonchev–Trinajstić information content (AvgIpc) is 3.30. The predicted octanol–water partition coefficient (Wildman–Crippen LogP) is 3.56. The largest absolute Gasteiger partial charge is 0.497 e. The van der Waals surface area contributed by atoms with Crippen LogP contribution < -0.4 is 14.4 Å². The summed E-state index contributed by atoms with van der Waals surface area (Å²) in [6.45, 7) is 0.127. The van der Waals surface area contributed by atoms with E-state index in [2.05, 4.69) is 0 Å². The fourth-order valence-electron chi connectivity index (χ4n) is 4.35. The van der Waals surface area contributed by atoms with Crippen molar-refractivity contribution in [2.45, 2.75) is 37.8 Å². The van der Waals surface area contributed by atoms with Gasteiger partial charge in [-0.05, 0) is 54.8 Å². The Labute approximate surface area is 171 Å². The third-order valence-electron chi connectivity index (χ3n) is 5.90. The number of hydrogen-bond donors (Lipinski definition) is 0. The number of benzene rings is 2. The molecule has 1 saturated heterocycles. The van der Waals surface area contributed by atoms with Gasteiger partial charge in [0.05, 0.1) is 14.2 Å². The van der Waals surface area contributed by atoms with Crippen molar-refractivity contribution >= 4 is 17.5 Å². The number of methoxy groups -OCH3 is 2. The Bertz CT molecular complexity index is 873. The van der Waals surface area contributed by atoms with Gasteiger partial charge in [0, 0.05) is 11.7 Å².